The summed E-state index contributed by atoms with van der Waals surface area (Å²) in [5, 5.41) is 4.40. The molecule has 116 valence electrons. The third kappa shape index (κ3) is 4.18. The highest BCUT2D eigenvalue weighted by Crippen LogP contribution is 2.27. The highest BCUT2D eigenvalue weighted by atomic mass is 35.5. The molecule has 0 aliphatic rings. The van der Waals surface area contributed by atoms with Crippen LogP contribution in [0.1, 0.15) is 16.7 Å². The number of thiocarbonyl (C=S) groups is 1. The standard InChI is InChI=1S/C17H18ClFN2S/c1-11-8-12(2)16(15(18)9-11)20-17(22)21(3)10-13-4-6-14(19)7-5-13/h4-9H,10H2,1-3H3,(H,20,22). The highest BCUT2D eigenvalue weighted by molar-refractivity contribution is 7.80. The lowest BCUT2D eigenvalue weighted by atomic mass is 10.1. The van der Waals surface area contributed by atoms with E-state index in [0.717, 1.165) is 22.4 Å². The van der Waals surface area contributed by atoms with Crippen molar-refractivity contribution in [3.05, 3.63) is 63.9 Å². The van der Waals surface area contributed by atoms with E-state index in [1.165, 1.54) is 12.1 Å². The number of hydrogen-bond acceptors (Lipinski definition) is 1. The van der Waals surface area contributed by atoms with E-state index >= 15 is 0 Å². The molecule has 0 aliphatic heterocycles. The molecule has 2 aromatic carbocycles. The van der Waals surface area contributed by atoms with Crippen molar-refractivity contribution in [2.24, 2.45) is 0 Å². The SMILES string of the molecule is Cc1cc(C)c(NC(=S)N(C)Cc2ccc(F)cc2)c(Cl)c1. The van der Waals surface area contributed by atoms with Crippen LogP contribution in [0.5, 0.6) is 0 Å². The monoisotopic (exact) mass is 336 g/mol. The fraction of sp³-hybridized carbons (Fsp3) is 0.235. The first-order chi connectivity index (χ1) is 10.4. The summed E-state index contributed by atoms with van der Waals surface area (Å²) in [6, 6.07) is 10.3. The lowest BCUT2D eigenvalue weighted by molar-refractivity contribution is 0.507. The Morgan fingerprint density at radius 2 is 1.86 bits per heavy atom. The molecule has 0 aliphatic carbocycles. The molecule has 0 radical (unpaired) electrons. The Hall–Kier alpha value is -1.65. The molecular weight excluding hydrogens is 319 g/mol. The molecule has 0 unspecified atom stereocenters. The fourth-order valence-electron chi connectivity index (χ4n) is 2.21. The van der Waals surface area contributed by atoms with E-state index in [1.807, 2.05) is 31.9 Å². The van der Waals surface area contributed by atoms with E-state index in [2.05, 4.69) is 11.4 Å². The van der Waals surface area contributed by atoms with Gasteiger partial charge in [-0.2, -0.15) is 0 Å². The van der Waals surface area contributed by atoms with Crippen molar-refractivity contribution >= 4 is 34.6 Å². The van der Waals surface area contributed by atoms with Crippen LogP contribution >= 0.6 is 23.8 Å². The van der Waals surface area contributed by atoms with E-state index in [0.29, 0.717) is 16.7 Å². The molecule has 2 nitrogen and oxygen atoms in total. The van der Waals surface area contributed by atoms with Gasteiger partial charge in [0.25, 0.3) is 0 Å². The maximum atomic E-state index is 12.9. The van der Waals surface area contributed by atoms with Gasteiger partial charge in [-0.25, -0.2) is 4.39 Å². The normalized spacial score (nSPS) is 10.4. The smallest absolute Gasteiger partial charge is 0.173 e. The van der Waals surface area contributed by atoms with E-state index < -0.39 is 0 Å². The molecule has 2 rings (SSSR count). The second-order valence-corrected chi connectivity index (χ2v) is 6.15. The van der Waals surface area contributed by atoms with E-state index in [4.69, 9.17) is 23.8 Å². The number of hydrogen-bond donors (Lipinski definition) is 1. The van der Waals surface area contributed by atoms with Crippen LogP contribution in [-0.4, -0.2) is 17.1 Å². The van der Waals surface area contributed by atoms with Crippen molar-refractivity contribution in [2.45, 2.75) is 20.4 Å². The Kier molecular flexibility index (Phi) is 5.37. The summed E-state index contributed by atoms with van der Waals surface area (Å²) in [5.41, 5.74) is 3.96. The molecule has 2 aromatic rings. The van der Waals surface area contributed by atoms with Gasteiger partial charge < -0.3 is 10.2 Å². The van der Waals surface area contributed by atoms with Gasteiger partial charge in [0.15, 0.2) is 5.11 Å². The Balaban J connectivity index is 2.07. The van der Waals surface area contributed by atoms with Crippen LogP contribution in [0.4, 0.5) is 10.1 Å². The van der Waals surface area contributed by atoms with Crippen molar-refractivity contribution in [3.8, 4) is 0 Å². The van der Waals surface area contributed by atoms with Gasteiger partial charge in [0.05, 0.1) is 10.7 Å². The number of benzene rings is 2. The Morgan fingerprint density at radius 1 is 1.23 bits per heavy atom. The zero-order chi connectivity index (χ0) is 16.3. The maximum absolute atomic E-state index is 12.9. The topological polar surface area (TPSA) is 15.3 Å². The van der Waals surface area contributed by atoms with Crippen LogP contribution in [0.15, 0.2) is 36.4 Å². The molecular formula is C17H18ClFN2S. The third-order valence-corrected chi connectivity index (χ3v) is 4.06. The number of nitrogens with one attached hydrogen (secondary N) is 1. The molecule has 0 atom stereocenters. The molecule has 5 heteroatoms. The predicted molar refractivity (Wildman–Crippen MR) is 95.0 cm³/mol. The average Bonchev–Trinajstić information content (AvgIpc) is 2.45. The largest absolute Gasteiger partial charge is 0.348 e. The number of anilines is 1. The molecule has 0 saturated heterocycles. The van der Waals surface area contributed by atoms with Crippen LogP contribution in [-0.2, 0) is 6.54 Å². The second kappa shape index (κ2) is 7.07. The second-order valence-electron chi connectivity index (χ2n) is 5.35. The van der Waals surface area contributed by atoms with Gasteiger partial charge in [-0.15, -0.1) is 0 Å². The van der Waals surface area contributed by atoms with Crippen molar-refractivity contribution < 1.29 is 4.39 Å². The van der Waals surface area contributed by atoms with Crippen LogP contribution in [0, 0.1) is 19.7 Å². The van der Waals surface area contributed by atoms with Gasteiger partial charge in [0, 0.05) is 13.6 Å². The van der Waals surface area contributed by atoms with Gasteiger partial charge in [-0.05, 0) is 61.0 Å². The average molecular weight is 337 g/mol. The van der Waals surface area contributed by atoms with Gasteiger partial charge >= 0.3 is 0 Å². The summed E-state index contributed by atoms with van der Waals surface area (Å²) in [6.45, 7) is 4.58. The summed E-state index contributed by atoms with van der Waals surface area (Å²) in [6.07, 6.45) is 0. The number of nitrogens with zero attached hydrogens (tertiary/aromatic N) is 1. The molecule has 0 bridgehead atoms. The molecule has 0 fully saturated rings. The van der Waals surface area contributed by atoms with Crippen LogP contribution in [0.25, 0.3) is 0 Å². The van der Waals surface area contributed by atoms with E-state index in [-0.39, 0.29) is 5.82 Å². The first-order valence-electron chi connectivity index (χ1n) is 6.90. The first kappa shape index (κ1) is 16.7. The van der Waals surface area contributed by atoms with Crippen molar-refractivity contribution in [1.29, 1.82) is 0 Å². The molecule has 0 spiro atoms. The fourth-order valence-corrected chi connectivity index (χ4v) is 2.75. The van der Waals surface area contributed by atoms with Crippen LogP contribution < -0.4 is 5.32 Å². The van der Waals surface area contributed by atoms with Gasteiger partial charge in [0.1, 0.15) is 5.82 Å². The Morgan fingerprint density at radius 3 is 2.45 bits per heavy atom. The minimum Gasteiger partial charge on any atom is -0.348 e. The van der Waals surface area contributed by atoms with Crippen molar-refractivity contribution in [3.63, 3.8) is 0 Å². The highest BCUT2D eigenvalue weighted by Gasteiger charge is 2.10. The minimum absolute atomic E-state index is 0.242. The van der Waals surface area contributed by atoms with Crippen LogP contribution in [0.3, 0.4) is 0 Å². The number of halogens is 2. The molecule has 0 saturated carbocycles. The number of aryl methyl sites for hydroxylation is 2. The van der Waals surface area contributed by atoms with Crippen molar-refractivity contribution in [1.82, 2.24) is 4.90 Å². The Labute approximate surface area is 140 Å². The maximum Gasteiger partial charge on any atom is 0.173 e. The van der Waals surface area contributed by atoms with E-state index in [1.54, 1.807) is 12.1 Å². The predicted octanol–water partition coefficient (Wildman–Crippen LogP) is 4.92. The van der Waals surface area contributed by atoms with Crippen LogP contribution in [0.2, 0.25) is 5.02 Å². The van der Waals surface area contributed by atoms with Crippen molar-refractivity contribution in [2.75, 3.05) is 12.4 Å². The summed E-state index contributed by atoms with van der Waals surface area (Å²) in [4.78, 5) is 1.89. The Bertz CT molecular complexity index is 663. The minimum atomic E-state index is -0.242. The molecule has 0 aromatic heterocycles. The quantitative estimate of drug-likeness (QED) is 0.800. The lowest BCUT2D eigenvalue weighted by Gasteiger charge is -2.22. The summed E-state index contributed by atoms with van der Waals surface area (Å²) < 4.78 is 12.9. The zero-order valence-electron chi connectivity index (χ0n) is 12.8. The molecule has 1 N–H and O–H groups in total. The summed E-state index contributed by atoms with van der Waals surface area (Å²) in [5.74, 6) is -0.242. The van der Waals surface area contributed by atoms with Gasteiger partial charge in [-0.1, -0.05) is 29.8 Å². The molecule has 0 heterocycles. The molecule has 0 amide bonds. The third-order valence-electron chi connectivity index (χ3n) is 3.34. The summed E-state index contributed by atoms with van der Waals surface area (Å²) in [7, 11) is 1.89. The summed E-state index contributed by atoms with van der Waals surface area (Å²) >= 11 is 11.7. The lowest BCUT2D eigenvalue weighted by Crippen LogP contribution is -2.31. The zero-order valence-corrected chi connectivity index (χ0v) is 14.4. The van der Waals surface area contributed by atoms with Gasteiger partial charge in [0.2, 0.25) is 0 Å². The first-order valence-corrected chi connectivity index (χ1v) is 7.68. The van der Waals surface area contributed by atoms with E-state index in [9.17, 15) is 4.39 Å². The molecule has 22 heavy (non-hydrogen) atoms. The van der Waals surface area contributed by atoms with Gasteiger partial charge in [-0.3, -0.25) is 0 Å². The number of rotatable bonds is 3.